The third-order valence-electron chi connectivity index (χ3n) is 8.76. The predicted molar refractivity (Wildman–Crippen MR) is 110 cm³/mol. The Balaban J connectivity index is 1.26. The van der Waals surface area contributed by atoms with Crippen LogP contribution in [-0.4, -0.2) is 40.9 Å². The summed E-state index contributed by atoms with van der Waals surface area (Å²) < 4.78 is 0. The monoisotopic (exact) mass is 393 g/mol. The second-order valence-corrected chi connectivity index (χ2v) is 10.8. The molecule has 6 aliphatic rings. The van der Waals surface area contributed by atoms with Crippen LogP contribution in [0.1, 0.15) is 61.7 Å². The van der Waals surface area contributed by atoms with E-state index >= 15 is 0 Å². The van der Waals surface area contributed by atoms with Crippen LogP contribution in [0, 0.1) is 23.2 Å². The van der Waals surface area contributed by atoms with E-state index in [-0.39, 0.29) is 22.8 Å². The number of piperidine rings is 1. The Kier molecular flexibility index (Phi) is 3.75. The second-order valence-electron chi connectivity index (χ2n) is 10.8. The topological polar surface area (TPSA) is 75.4 Å². The van der Waals surface area contributed by atoms with Crippen LogP contribution in [0.25, 0.3) is 0 Å². The number of hydrogen-bond acceptors (Lipinski definition) is 3. The molecule has 3 N–H and O–H groups in total. The Morgan fingerprint density at radius 3 is 2.41 bits per heavy atom. The number of nitrogens with zero attached hydrogens (tertiary/aromatic N) is 1. The number of hydrogen-bond donors (Lipinski definition) is 2. The molecule has 2 amide bonds. The summed E-state index contributed by atoms with van der Waals surface area (Å²) in [6, 6.07) is 9.55. The van der Waals surface area contributed by atoms with Crippen molar-refractivity contribution in [3.05, 3.63) is 35.9 Å². The Morgan fingerprint density at radius 1 is 1.07 bits per heavy atom. The van der Waals surface area contributed by atoms with E-state index in [9.17, 15) is 9.59 Å². The van der Waals surface area contributed by atoms with Gasteiger partial charge < -0.3 is 16.0 Å². The number of carbonyl (C=O) groups is 2. The molecule has 7 rings (SSSR count). The van der Waals surface area contributed by atoms with Gasteiger partial charge in [0.05, 0.1) is 6.04 Å². The lowest BCUT2D eigenvalue weighted by Crippen LogP contribution is -2.68. The summed E-state index contributed by atoms with van der Waals surface area (Å²) in [5, 5.41) is 3.43. The highest BCUT2D eigenvalue weighted by Gasteiger charge is 2.62. The van der Waals surface area contributed by atoms with E-state index in [1.54, 1.807) is 0 Å². The third-order valence-corrected chi connectivity index (χ3v) is 8.76. The second kappa shape index (κ2) is 6.07. The van der Waals surface area contributed by atoms with Crippen molar-refractivity contribution in [2.45, 2.75) is 69.0 Å². The van der Waals surface area contributed by atoms with Crippen molar-refractivity contribution in [2.75, 3.05) is 6.54 Å². The maximum atomic E-state index is 13.4. The minimum atomic E-state index is -0.416. The normalized spacial score (nSPS) is 42.4. The number of benzene rings is 1. The first kappa shape index (κ1) is 17.9. The molecular weight excluding hydrogens is 362 g/mol. The van der Waals surface area contributed by atoms with Crippen molar-refractivity contribution in [3.63, 3.8) is 0 Å². The number of likely N-dealkylation sites (tertiary alicyclic amines) is 1. The van der Waals surface area contributed by atoms with Gasteiger partial charge in [-0.3, -0.25) is 9.59 Å². The molecule has 0 aromatic heterocycles. The first-order valence-corrected chi connectivity index (χ1v) is 11.4. The molecule has 1 saturated heterocycles. The van der Waals surface area contributed by atoms with Gasteiger partial charge in [-0.25, -0.2) is 0 Å². The summed E-state index contributed by atoms with van der Waals surface area (Å²) in [5.41, 5.74) is 7.16. The highest BCUT2D eigenvalue weighted by Crippen LogP contribution is 2.63. The zero-order valence-electron chi connectivity index (χ0n) is 17.0. The first-order valence-electron chi connectivity index (χ1n) is 11.4. The Labute approximate surface area is 172 Å². The molecular formula is C24H31N3O2. The molecule has 0 spiro atoms. The molecule has 1 aromatic carbocycles. The van der Waals surface area contributed by atoms with Gasteiger partial charge in [-0.2, -0.15) is 0 Å². The maximum absolute atomic E-state index is 13.4. The van der Waals surface area contributed by atoms with Crippen molar-refractivity contribution in [3.8, 4) is 0 Å². The molecule has 3 unspecified atom stereocenters. The predicted octanol–water partition coefficient (Wildman–Crippen LogP) is 2.70. The summed E-state index contributed by atoms with van der Waals surface area (Å²) in [4.78, 5) is 28.4. The number of carbonyl (C=O) groups excluding carboxylic acids is 2. The van der Waals surface area contributed by atoms with Gasteiger partial charge >= 0.3 is 0 Å². The van der Waals surface area contributed by atoms with E-state index < -0.39 is 6.04 Å². The quantitative estimate of drug-likeness (QED) is 0.826. The molecule has 4 bridgehead atoms. The van der Waals surface area contributed by atoms with Crippen LogP contribution in [0.15, 0.2) is 30.3 Å². The average Bonchev–Trinajstić information content (AvgIpc) is 3.36. The van der Waals surface area contributed by atoms with E-state index in [4.69, 9.17) is 5.73 Å². The molecule has 5 atom stereocenters. The van der Waals surface area contributed by atoms with Gasteiger partial charge in [-0.1, -0.05) is 18.2 Å². The summed E-state index contributed by atoms with van der Waals surface area (Å²) in [6.45, 7) is 0.890. The molecule has 154 valence electrons. The van der Waals surface area contributed by atoms with Gasteiger partial charge in [0.25, 0.3) is 5.91 Å². The molecule has 6 fully saturated rings. The number of rotatable bonds is 4. The highest BCUT2D eigenvalue weighted by molar-refractivity contribution is 5.94. The van der Waals surface area contributed by atoms with Crippen LogP contribution >= 0.6 is 0 Å². The van der Waals surface area contributed by atoms with Crippen LogP contribution in [-0.2, 0) is 4.79 Å². The van der Waals surface area contributed by atoms with Crippen molar-refractivity contribution < 1.29 is 9.59 Å². The molecule has 29 heavy (non-hydrogen) atoms. The van der Waals surface area contributed by atoms with Crippen LogP contribution in [0.3, 0.4) is 0 Å². The smallest absolute Gasteiger partial charge is 0.251 e. The third kappa shape index (κ3) is 2.77. The molecule has 5 aliphatic carbocycles. The number of fused-ring (bicyclic) bond motifs is 1. The lowest BCUT2D eigenvalue weighted by atomic mass is 9.45. The molecule has 5 saturated carbocycles. The van der Waals surface area contributed by atoms with Crippen molar-refractivity contribution in [2.24, 2.45) is 28.9 Å². The van der Waals surface area contributed by atoms with Crippen LogP contribution in [0.2, 0.25) is 0 Å². The molecule has 0 radical (unpaired) electrons. The molecule has 1 aromatic rings. The minimum Gasteiger partial charge on any atom is -0.347 e. The van der Waals surface area contributed by atoms with Crippen LogP contribution in [0.5, 0.6) is 0 Å². The fourth-order valence-corrected chi connectivity index (χ4v) is 7.85. The number of nitrogens with two attached hydrogens (primary N) is 1. The van der Waals surface area contributed by atoms with E-state index in [1.807, 2.05) is 30.3 Å². The SMILES string of the molecule is N[C@H](C(=O)N1CC[C@@H]2CC21)C12CC3CC(CC(NC(=O)c4ccccc4)(C3)C1)C2. The largest absolute Gasteiger partial charge is 0.347 e. The van der Waals surface area contributed by atoms with Gasteiger partial charge in [0.1, 0.15) is 0 Å². The molecule has 1 heterocycles. The van der Waals surface area contributed by atoms with Crippen molar-refractivity contribution in [1.82, 2.24) is 10.2 Å². The Hall–Kier alpha value is -1.88. The molecule has 5 nitrogen and oxygen atoms in total. The van der Waals surface area contributed by atoms with E-state index in [2.05, 4.69) is 10.2 Å². The van der Waals surface area contributed by atoms with E-state index in [0.717, 1.165) is 56.6 Å². The first-order chi connectivity index (χ1) is 14.0. The van der Waals surface area contributed by atoms with Crippen molar-refractivity contribution >= 4 is 11.8 Å². The summed E-state index contributed by atoms with van der Waals surface area (Å²) in [7, 11) is 0. The van der Waals surface area contributed by atoms with E-state index in [0.29, 0.717) is 17.9 Å². The van der Waals surface area contributed by atoms with Gasteiger partial charge in [-0.05, 0) is 86.7 Å². The maximum Gasteiger partial charge on any atom is 0.251 e. The fourth-order valence-electron chi connectivity index (χ4n) is 7.85. The number of nitrogens with one attached hydrogen (secondary N) is 1. The Morgan fingerprint density at radius 2 is 1.79 bits per heavy atom. The van der Waals surface area contributed by atoms with Crippen LogP contribution in [0.4, 0.5) is 0 Å². The van der Waals surface area contributed by atoms with Gasteiger partial charge in [0, 0.05) is 23.7 Å². The fraction of sp³-hybridized carbons (Fsp3) is 0.667. The minimum absolute atomic E-state index is 0.0166. The van der Waals surface area contributed by atoms with Gasteiger partial charge in [0.15, 0.2) is 0 Å². The van der Waals surface area contributed by atoms with E-state index in [1.165, 1.54) is 12.8 Å². The van der Waals surface area contributed by atoms with Gasteiger partial charge in [0.2, 0.25) is 5.91 Å². The highest BCUT2D eigenvalue weighted by atomic mass is 16.2. The lowest BCUT2D eigenvalue weighted by Gasteiger charge is -2.63. The molecule has 1 aliphatic heterocycles. The summed E-state index contributed by atoms with van der Waals surface area (Å²) in [6.07, 6.45) is 8.62. The van der Waals surface area contributed by atoms with Gasteiger partial charge in [-0.15, -0.1) is 0 Å². The summed E-state index contributed by atoms with van der Waals surface area (Å²) >= 11 is 0. The molecule has 5 heteroatoms. The van der Waals surface area contributed by atoms with Crippen molar-refractivity contribution in [1.29, 1.82) is 0 Å². The Bertz CT molecular complexity index is 839. The average molecular weight is 394 g/mol. The summed E-state index contributed by atoms with van der Waals surface area (Å²) in [5.74, 6) is 2.10. The number of amides is 2. The standard InChI is InChI=1S/C24H31N3O2/c25-20(22(29)27-7-6-18-9-19(18)27)23-10-15-8-16(11-23)13-24(12-15,14-23)26-21(28)17-4-2-1-3-5-17/h1-5,15-16,18-20H,6-14,25H2,(H,26,28)/t15?,16?,18-,19?,20-,23?,24?/m1/s1. The zero-order valence-corrected chi connectivity index (χ0v) is 17.0. The zero-order chi connectivity index (χ0) is 19.8. The lowest BCUT2D eigenvalue weighted by molar-refractivity contribution is -0.145. The van der Waals surface area contributed by atoms with Crippen LogP contribution < -0.4 is 11.1 Å².